The first-order valence-electron chi connectivity index (χ1n) is 6.27. The van der Waals surface area contributed by atoms with Gasteiger partial charge in [0, 0.05) is 32.2 Å². The van der Waals surface area contributed by atoms with Crippen LogP contribution in [0.3, 0.4) is 0 Å². The number of aliphatic carboxylic acids is 1. The van der Waals surface area contributed by atoms with Crippen molar-refractivity contribution in [2.75, 3.05) is 26.2 Å². The van der Waals surface area contributed by atoms with Gasteiger partial charge in [-0.3, -0.25) is 15.0 Å². The highest BCUT2D eigenvalue weighted by Gasteiger charge is 2.42. The van der Waals surface area contributed by atoms with Crippen molar-refractivity contribution in [3.8, 4) is 0 Å². The number of nitrogens with one attached hydrogen (secondary N) is 2. The number of amides is 3. The lowest BCUT2D eigenvalue weighted by atomic mass is 9.96. The minimum atomic E-state index is -1.29. The van der Waals surface area contributed by atoms with E-state index in [9.17, 15) is 19.5 Å². The first kappa shape index (κ1) is 14.7. The lowest BCUT2D eigenvalue weighted by Gasteiger charge is -2.31. The fraction of sp³-hybridized carbons (Fsp3) is 0.727. The minimum absolute atomic E-state index is 0.0939. The number of carboxylic acids is 1. The highest BCUT2D eigenvalue weighted by molar-refractivity contribution is 6.02. The molecule has 3 unspecified atom stereocenters. The quantitative estimate of drug-likeness (QED) is 0.376. The molecule has 2 fully saturated rings. The van der Waals surface area contributed by atoms with Crippen LogP contribution >= 0.6 is 0 Å². The summed E-state index contributed by atoms with van der Waals surface area (Å²) in [4.78, 5) is 35.7. The molecule has 0 spiro atoms. The van der Waals surface area contributed by atoms with Crippen LogP contribution in [0, 0.1) is 11.8 Å². The Morgan fingerprint density at radius 3 is 2.60 bits per heavy atom. The molecule has 0 aromatic heterocycles. The number of carbonyl (C=O) groups is 3. The number of carbonyl (C=O) groups excluding carboxylic acids is 2. The SMILES string of the molecule is O=C1NC(=O)C(CN2CC(O)[C@@H](CO)C2)C(C(=O)O)N1. The monoisotopic (exact) mass is 287 g/mol. The summed E-state index contributed by atoms with van der Waals surface area (Å²) in [5.74, 6) is -3.17. The predicted octanol–water partition coefficient (Wildman–Crippen LogP) is -2.82. The molecule has 2 aliphatic heterocycles. The minimum Gasteiger partial charge on any atom is -0.480 e. The number of imide groups is 1. The number of β-amino-alcohol motifs (C(OH)–C–C–N with tert-alkyl or cyclic N) is 1. The highest BCUT2D eigenvalue weighted by atomic mass is 16.4. The van der Waals surface area contributed by atoms with Crippen molar-refractivity contribution >= 4 is 17.9 Å². The summed E-state index contributed by atoms with van der Waals surface area (Å²) in [5, 5.41) is 32.1. The lowest BCUT2D eigenvalue weighted by molar-refractivity contribution is -0.145. The molecule has 2 heterocycles. The Morgan fingerprint density at radius 1 is 1.35 bits per heavy atom. The molecule has 112 valence electrons. The molecule has 5 N–H and O–H groups in total. The van der Waals surface area contributed by atoms with Crippen LogP contribution in [0.15, 0.2) is 0 Å². The van der Waals surface area contributed by atoms with Crippen molar-refractivity contribution in [1.82, 2.24) is 15.5 Å². The fourth-order valence-corrected chi connectivity index (χ4v) is 2.60. The van der Waals surface area contributed by atoms with Crippen LogP contribution in [0.1, 0.15) is 0 Å². The summed E-state index contributed by atoms with van der Waals surface area (Å²) >= 11 is 0. The number of urea groups is 1. The van der Waals surface area contributed by atoms with E-state index in [1.165, 1.54) is 0 Å². The summed E-state index contributed by atoms with van der Waals surface area (Å²) in [6, 6.07) is -2.12. The van der Waals surface area contributed by atoms with Gasteiger partial charge in [0.1, 0.15) is 6.04 Å². The standard InChI is InChI=1S/C11H17N3O6/c15-4-5-1-14(3-7(5)16)2-6-8(10(18)19)12-11(20)13-9(6)17/h5-8,15-16H,1-4H2,(H,18,19)(H2,12,13,17,20)/t5-,6?,7?,8?/m1/s1. The van der Waals surface area contributed by atoms with E-state index in [2.05, 4.69) is 5.32 Å². The van der Waals surface area contributed by atoms with Crippen LogP contribution in [0.2, 0.25) is 0 Å². The zero-order chi connectivity index (χ0) is 14.9. The van der Waals surface area contributed by atoms with E-state index >= 15 is 0 Å². The van der Waals surface area contributed by atoms with Crippen molar-refractivity contribution < 1.29 is 29.7 Å². The third-order valence-electron chi connectivity index (χ3n) is 3.70. The van der Waals surface area contributed by atoms with Crippen LogP contribution in [-0.4, -0.2) is 76.5 Å². The maximum Gasteiger partial charge on any atom is 0.327 e. The molecule has 4 atom stereocenters. The Kier molecular flexibility index (Phi) is 4.21. The first-order chi connectivity index (χ1) is 9.42. The number of carboxylic acid groups (broad SMARTS) is 1. The highest BCUT2D eigenvalue weighted by Crippen LogP contribution is 2.20. The number of likely N-dealkylation sites (tertiary alicyclic amines) is 1. The van der Waals surface area contributed by atoms with E-state index in [1.807, 2.05) is 5.32 Å². The molecule has 0 saturated carbocycles. The average molecular weight is 287 g/mol. The molecule has 0 bridgehead atoms. The Morgan fingerprint density at radius 2 is 2.05 bits per heavy atom. The number of nitrogens with zero attached hydrogens (tertiary/aromatic N) is 1. The van der Waals surface area contributed by atoms with Crippen molar-refractivity contribution in [2.45, 2.75) is 12.1 Å². The van der Waals surface area contributed by atoms with E-state index in [0.29, 0.717) is 6.54 Å². The fourth-order valence-electron chi connectivity index (χ4n) is 2.60. The van der Waals surface area contributed by atoms with Gasteiger partial charge in [0.2, 0.25) is 5.91 Å². The van der Waals surface area contributed by atoms with Crippen LogP contribution in [0.4, 0.5) is 4.79 Å². The molecule has 2 rings (SSSR count). The molecule has 9 heteroatoms. The molecule has 2 saturated heterocycles. The molecule has 2 aliphatic rings. The summed E-state index contributed by atoms with van der Waals surface area (Å²) in [7, 11) is 0. The van der Waals surface area contributed by atoms with Crippen molar-refractivity contribution in [2.24, 2.45) is 11.8 Å². The number of hydrogen-bond acceptors (Lipinski definition) is 6. The van der Waals surface area contributed by atoms with Crippen LogP contribution in [0.5, 0.6) is 0 Å². The number of rotatable bonds is 4. The van der Waals surface area contributed by atoms with Gasteiger partial charge < -0.3 is 20.6 Å². The molecule has 0 radical (unpaired) electrons. The number of aliphatic hydroxyl groups is 2. The normalized spacial score (nSPS) is 34.7. The zero-order valence-corrected chi connectivity index (χ0v) is 10.7. The van der Waals surface area contributed by atoms with Gasteiger partial charge in [-0.2, -0.15) is 0 Å². The summed E-state index contributed by atoms with van der Waals surface area (Å²) in [5.41, 5.74) is 0. The molecule has 3 amide bonds. The van der Waals surface area contributed by atoms with Crippen molar-refractivity contribution in [3.05, 3.63) is 0 Å². The van der Waals surface area contributed by atoms with Crippen LogP contribution < -0.4 is 10.6 Å². The second-order valence-electron chi connectivity index (χ2n) is 5.11. The molecule has 0 aromatic carbocycles. The molecular formula is C11H17N3O6. The molecular weight excluding hydrogens is 270 g/mol. The maximum atomic E-state index is 11.8. The first-order valence-corrected chi connectivity index (χ1v) is 6.27. The smallest absolute Gasteiger partial charge is 0.327 e. The van der Waals surface area contributed by atoms with Crippen molar-refractivity contribution in [1.29, 1.82) is 0 Å². The van der Waals surface area contributed by atoms with E-state index in [1.54, 1.807) is 4.90 Å². The maximum absolute atomic E-state index is 11.8. The molecule has 9 nitrogen and oxygen atoms in total. The summed E-state index contributed by atoms with van der Waals surface area (Å²) in [6.45, 7) is 0.557. The van der Waals surface area contributed by atoms with E-state index in [0.717, 1.165) is 0 Å². The van der Waals surface area contributed by atoms with Gasteiger partial charge in [0.15, 0.2) is 0 Å². The molecule has 0 aromatic rings. The second kappa shape index (κ2) is 5.73. The average Bonchev–Trinajstić information content (AvgIpc) is 2.72. The van der Waals surface area contributed by atoms with Gasteiger partial charge in [-0.15, -0.1) is 0 Å². The predicted molar refractivity (Wildman–Crippen MR) is 64.6 cm³/mol. The third-order valence-corrected chi connectivity index (χ3v) is 3.70. The van der Waals surface area contributed by atoms with E-state index in [4.69, 9.17) is 10.2 Å². The number of aliphatic hydroxyl groups excluding tert-OH is 2. The summed E-state index contributed by atoms with van der Waals surface area (Å²) in [6.07, 6.45) is -0.704. The van der Waals surface area contributed by atoms with Gasteiger partial charge in [-0.25, -0.2) is 9.59 Å². The van der Waals surface area contributed by atoms with Gasteiger partial charge in [-0.05, 0) is 0 Å². The Balaban J connectivity index is 2.04. The van der Waals surface area contributed by atoms with Gasteiger partial charge >= 0.3 is 12.0 Å². The molecule has 0 aliphatic carbocycles. The van der Waals surface area contributed by atoms with Gasteiger partial charge in [-0.1, -0.05) is 0 Å². The third kappa shape index (κ3) is 2.89. The van der Waals surface area contributed by atoms with Crippen molar-refractivity contribution in [3.63, 3.8) is 0 Å². The van der Waals surface area contributed by atoms with Gasteiger partial charge in [0.25, 0.3) is 0 Å². The zero-order valence-electron chi connectivity index (χ0n) is 10.7. The van der Waals surface area contributed by atoms with Gasteiger partial charge in [0.05, 0.1) is 12.0 Å². The Hall–Kier alpha value is -1.71. The topological polar surface area (TPSA) is 139 Å². The Bertz CT molecular complexity index is 428. The largest absolute Gasteiger partial charge is 0.480 e. The van der Waals surface area contributed by atoms with E-state index in [-0.39, 0.29) is 25.6 Å². The summed E-state index contributed by atoms with van der Waals surface area (Å²) < 4.78 is 0. The second-order valence-corrected chi connectivity index (χ2v) is 5.11. The molecule has 20 heavy (non-hydrogen) atoms. The Labute approximate surface area is 114 Å². The van der Waals surface area contributed by atoms with Crippen LogP contribution in [0.25, 0.3) is 0 Å². The lowest BCUT2D eigenvalue weighted by Crippen LogP contribution is -2.63. The van der Waals surface area contributed by atoms with E-state index < -0.39 is 36.0 Å². The van der Waals surface area contributed by atoms with Crippen LogP contribution in [-0.2, 0) is 9.59 Å². The number of hydrogen-bond donors (Lipinski definition) is 5.